The van der Waals surface area contributed by atoms with E-state index in [9.17, 15) is 4.79 Å². The van der Waals surface area contributed by atoms with E-state index < -0.39 is 5.41 Å². The first-order chi connectivity index (χ1) is 7.44. The summed E-state index contributed by atoms with van der Waals surface area (Å²) in [4.78, 5) is 11.8. The van der Waals surface area contributed by atoms with Gasteiger partial charge in [0.2, 0.25) is 0 Å². The summed E-state index contributed by atoms with van der Waals surface area (Å²) in [6, 6.07) is 0. The first-order valence-corrected chi connectivity index (χ1v) is 6.01. The lowest BCUT2D eigenvalue weighted by Gasteiger charge is -2.27. The van der Waals surface area contributed by atoms with Gasteiger partial charge >= 0.3 is 5.97 Å². The fourth-order valence-corrected chi connectivity index (χ4v) is 2.26. The normalized spacial score (nSPS) is 23.6. The molecule has 1 saturated carbocycles. The van der Waals surface area contributed by atoms with Crippen molar-refractivity contribution in [3.05, 3.63) is 11.8 Å². The molecule has 0 aromatic heterocycles. The van der Waals surface area contributed by atoms with Gasteiger partial charge in [-0.3, -0.25) is 4.79 Å². The van der Waals surface area contributed by atoms with E-state index in [2.05, 4.69) is 0 Å². The number of carbonyl (C=O) groups excluding carboxylic acids is 1. The van der Waals surface area contributed by atoms with Crippen molar-refractivity contribution in [3.8, 4) is 0 Å². The Labute approximate surface area is 96.8 Å². The van der Waals surface area contributed by atoms with Crippen LogP contribution in [0.2, 0.25) is 0 Å². The molecule has 1 fully saturated rings. The third-order valence-electron chi connectivity index (χ3n) is 3.30. The van der Waals surface area contributed by atoms with Crippen molar-refractivity contribution in [3.63, 3.8) is 0 Å². The molecule has 1 heterocycles. The minimum absolute atomic E-state index is 0.171. The molecule has 0 unspecified atom stereocenters. The first-order valence-electron chi connectivity index (χ1n) is 6.01. The van der Waals surface area contributed by atoms with Gasteiger partial charge in [-0.15, -0.1) is 0 Å². The van der Waals surface area contributed by atoms with Crippen LogP contribution in [-0.2, 0) is 14.3 Å². The Morgan fingerprint density at radius 3 is 2.56 bits per heavy atom. The molecule has 0 atom stereocenters. The number of ether oxygens (including phenoxy) is 2. The molecule has 0 radical (unpaired) electrons. The molecule has 0 aromatic carbocycles. The standard InChI is InChI=1S/C13H20O3/c1-12(2,3)11(14)16-10-6-9-15-13(10)7-4-5-8-13/h6H,4-5,7-9H2,1-3H3. The van der Waals surface area contributed by atoms with Crippen LogP contribution in [0.3, 0.4) is 0 Å². The second-order valence-corrected chi connectivity index (χ2v) is 5.72. The van der Waals surface area contributed by atoms with Crippen molar-refractivity contribution in [2.75, 3.05) is 6.61 Å². The molecular formula is C13H20O3. The maximum Gasteiger partial charge on any atom is 0.316 e. The summed E-state index contributed by atoms with van der Waals surface area (Å²) >= 11 is 0. The van der Waals surface area contributed by atoms with Gasteiger partial charge in [-0.2, -0.15) is 0 Å². The van der Waals surface area contributed by atoms with Crippen LogP contribution in [0.25, 0.3) is 0 Å². The van der Waals surface area contributed by atoms with Crippen LogP contribution >= 0.6 is 0 Å². The third-order valence-corrected chi connectivity index (χ3v) is 3.30. The topological polar surface area (TPSA) is 35.5 Å². The predicted octanol–water partition coefficient (Wildman–Crippen LogP) is 2.80. The van der Waals surface area contributed by atoms with Gasteiger partial charge in [0.15, 0.2) is 0 Å². The van der Waals surface area contributed by atoms with Gasteiger partial charge in [0.05, 0.1) is 12.0 Å². The minimum Gasteiger partial charge on any atom is -0.428 e. The number of hydrogen-bond acceptors (Lipinski definition) is 3. The lowest BCUT2D eigenvalue weighted by atomic mass is 9.96. The van der Waals surface area contributed by atoms with E-state index in [-0.39, 0.29) is 11.6 Å². The summed E-state index contributed by atoms with van der Waals surface area (Å²) in [5.74, 6) is 0.584. The van der Waals surface area contributed by atoms with Gasteiger partial charge < -0.3 is 9.47 Å². The van der Waals surface area contributed by atoms with Gasteiger partial charge in [0, 0.05) is 0 Å². The monoisotopic (exact) mass is 224 g/mol. The minimum atomic E-state index is -0.455. The van der Waals surface area contributed by atoms with E-state index in [1.165, 1.54) is 0 Å². The number of esters is 1. The average molecular weight is 224 g/mol. The second-order valence-electron chi connectivity index (χ2n) is 5.72. The summed E-state index contributed by atoms with van der Waals surface area (Å²) < 4.78 is 11.3. The molecule has 1 aliphatic heterocycles. The van der Waals surface area contributed by atoms with E-state index in [1.54, 1.807) is 0 Å². The highest BCUT2D eigenvalue weighted by Crippen LogP contribution is 2.43. The SMILES string of the molecule is CC(C)(C)C(=O)OC1=CCOC12CCCC2. The van der Waals surface area contributed by atoms with Crippen molar-refractivity contribution in [1.29, 1.82) is 0 Å². The third kappa shape index (κ3) is 2.01. The maximum absolute atomic E-state index is 11.8. The molecule has 0 bridgehead atoms. The van der Waals surface area contributed by atoms with Crippen LogP contribution < -0.4 is 0 Å². The Morgan fingerprint density at radius 2 is 2.00 bits per heavy atom. The van der Waals surface area contributed by atoms with E-state index in [4.69, 9.17) is 9.47 Å². The molecular weight excluding hydrogens is 204 g/mol. The quantitative estimate of drug-likeness (QED) is 0.642. The molecule has 1 aliphatic carbocycles. The Hall–Kier alpha value is -0.830. The largest absolute Gasteiger partial charge is 0.428 e. The van der Waals surface area contributed by atoms with Crippen LogP contribution in [0, 0.1) is 5.41 Å². The fourth-order valence-electron chi connectivity index (χ4n) is 2.26. The van der Waals surface area contributed by atoms with Crippen molar-refractivity contribution in [1.82, 2.24) is 0 Å². The second kappa shape index (κ2) is 3.88. The van der Waals surface area contributed by atoms with Gasteiger partial charge in [0.1, 0.15) is 11.4 Å². The fraction of sp³-hybridized carbons (Fsp3) is 0.769. The molecule has 0 aromatic rings. The molecule has 16 heavy (non-hydrogen) atoms. The summed E-state index contributed by atoms with van der Waals surface area (Å²) in [6.45, 7) is 6.18. The van der Waals surface area contributed by atoms with Crippen molar-refractivity contribution >= 4 is 5.97 Å². The average Bonchev–Trinajstić information content (AvgIpc) is 2.78. The van der Waals surface area contributed by atoms with E-state index in [0.29, 0.717) is 6.61 Å². The van der Waals surface area contributed by atoms with E-state index in [1.807, 2.05) is 26.8 Å². The summed E-state index contributed by atoms with van der Waals surface area (Å²) in [5.41, 5.74) is -0.732. The highest BCUT2D eigenvalue weighted by molar-refractivity contribution is 5.76. The number of hydrogen-bond donors (Lipinski definition) is 0. The zero-order valence-corrected chi connectivity index (χ0v) is 10.3. The lowest BCUT2D eigenvalue weighted by Crippen LogP contribution is -2.32. The Morgan fingerprint density at radius 1 is 1.38 bits per heavy atom. The number of carbonyl (C=O) groups is 1. The van der Waals surface area contributed by atoms with Crippen LogP contribution in [0.15, 0.2) is 11.8 Å². The number of rotatable bonds is 1. The van der Waals surface area contributed by atoms with Crippen LogP contribution in [0.5, 0.6) is 0 Å². The van der Waals surface area contributed by atoms with Crippen LogP contribution in [0.4, 0.5) is 0 Å². The molecule has 90 valence electrons. The summed E-state index contributed by atoms with van der Waals surface area (Å²) in [7, 11) is 0. The molecule has 3 heteroatoms. The molecule has 0 amide bonds. The zero-order chi connectivity index (χ0) is 11.8. The highest BCUT2D eigenvalue weighted by atomic mass is 16.6. The Balaban J connectivity index is 2.07. The van der Waals surface area contributed by atoms with Gasteiger partial charge in [-0.1, -0.05) is 0 Å². The van der Waals surface area contributed by atoms with Crippen LogP contribution in [0.1, 0.15) is 46.5 Å². The van der Waals surface area contributed by atoms with Gasteiger partial charge in [-0.25, -0.2) is 0 Å². The summed E-state index contributed by atoms with van der Waals surface area (Å²) in [5, 5.41) is 0. The van der Waals surface area contributed by atoms with Crippen LogP contribution in [-0.4, -0.2) is 18.2 Å². The summed E-state index contributed by atoms with van der Waals surface area (Å²) in [6.07, 6.45) is 6.19. The zero-order valence-electron chi connectivity index (χ0n) is 10.3. The lowest BCUT2D eigenvalue weighted by molar-refractivity contribution is -0.152. The Kier molecular flexibility index (Phi) is 2.82. The highest BCUT2D eigenvalue weighted by Gasteiger charge is 2.44. The molecule has 2 rings (SSSR count). The van der Waals surface area contributed by atoms with Crippen molar-refractivity contribution in [2.24, 2.45) is 5.41 Å². The molecule has 0 N–H and O–H groups in total. The van der Waals surface area contributed by atoms with E-state index in [0.717, 1.165) is 31.4 Å². The molecule has 3 nitrogen and oxygen atoms in total. The maximum atomic E-state index is 11.8. The molecule has 1 spiro atoms. The Bertz CT molecular complexity index is 317. The van der Waals surface area contributed by atoms with Crippen molar-refractivity contribution < 1.29 is 14.3 Å². The van der Waals surface area contributed by atoms with E-state index >= 15 is 0 Å². The molecule has 0 saturated heterocycles. The smallest absolute Gasteiger partial charge is 0.316 e. The van der Waals surface area contributed by atoms with Gasteiger partial charge in [0.25, 0.3) is 0 Å². The first kappa shape index (κ1) is 11.6. The predicted molar refractivity (Wildman–Crippen MR) is 60.8 cm³/mol. The van der Waals surface area contributed by atoms with Crippen molar-refractivity contribution in [2.45, 2.75) is 52.1 Å². The molecule has 2 aliphatic rings. The van der Waals surface area contributed by atoms with Gasteiger partial charge in [-0.05, 0) is 52.5 Å².